The van der Waals surface area contributed by atoms with Gasteiger partial charge in [0.25, 0.3) is 0 Å². The Hall–Kier alpha value is -3.59. The molecule has 0 atom stereocenters. The van der Waals surface area contributed by atoms with Crippen molar-refractivity contribution in [3.8, 4) is 11.5 Å². The van der Waals surface area contributed by atoms with E-state index < -0.39 is 0 Å². The van der Waals surface area contributed by atoms with Gasteiger partial charge >= 0.3 is 6.03 Å². The van der Waals surface area contributed by atoms with Gasteiger partial charge in [-0.25, -0.2) is 14.8 Å². The molecule has 2 aromatic carbocycles. The third-order valence-corrected chi connectivity index (χ3v) is 6.33. The SMILES string of the molecule is Cn1c(Nc2ccc(Br)cc2)nc2cc(Oc3ccnc(NC(=O)N4CCCCC4)c3)ccc21. The highest BCUT2D eigenvalue weighted by molar-refractivity contribution is 9.10. The van der Waals surface area contributed by atoms with Crippen molar-refractivity contribution in [1.82, 2.24) is 19.4 Å². The summed E-state index contributed by atoms with van der Waals surface area (Å²) < 4.78 is 9.08. The molecule has 1 saturated heterocycles. The minimum absolute atomic E-state index is 0.120. The number of nitrogens with one attached hydrogen (secondary N) is 2. The zero-order chi connectivity index (χ0) is 23.5. The molecule has 0 saturated carbocycles. The maximum atomic E-state index is 12.5. The molecule has 0 unspecified atom stereocenters. The van der Waals surface area contributed by atoms with Crippen molar-refractivity contribution in [3.63, 3.8) is 0 Å². The van der Waals surface area contributed by atoms with Gasteiger partial charge in [-0.05, 0) is 61.7 Å². The highest BCUT2D eigenvalue weighted by atomic mass is 79.9. The van der Waals surface area contributed by atoms with Crippen LogP contribution in [0.5, 0.6) is 11.5 Å². The average Bonchev–Trinajstić information content (AvgIpc) is 3.15. The lowest BCUT2D eigenvalue weighted by Gasteiger charge is -2.26. The number of carbonyl (C=O) groups is 1. The lowest BCUT2D eigenvalue weighted by atomic mass is 10.1. The minimum atomic E-state index is -0.120. The third-order valence-electron chi connectivity index (χ3n) is 5.80. The number of urea groups is 1. The second-order valence-corrected chi connectivity index (χ2v) is 9.15. The first-order valence-corrected chi connectivity index (χ1v) is 12.0. The van der Waals surface area contributed by atoms with Crippen LogP contribution in [0.15, 0.2) is 65.3 Å². The van der Waals surface area contributed by atoms with Crippen LogP contribution in [0.2, 0.25) is 0 Å². The molecule has 1 aliphatic heterocycles. The van der Waals surface area contributed by atoms with E-state index in [9.17, 15) is 4.79 Å². The number of piperidine rings is 1. The molecule has 0 bridgehead atoms. The predicted octanol–water partition coefficient (Wildman–Crippen LogP) is 6.28. The van der Waals surface area contributed by atoms with Crippen LogP contribution in [-0.2, 0) is 7.05 Å². The van der Waals surface area contributed by atoms with Crippen LogP contribution >= 0.6 is 15.9 Å². The van der Waals surface area contributed by atoms with Crippen molar-refractivity contribution in [3.05, 3.63) is 65.3 Å². The van der Waals surface area contributed by atoms with E-state index in [1.807, 2.05) is 59.0 Å². The van der Waals surface area contributed by atoms with Gasteiger partial charge < -0.3 is 19.5 Å². The summed E-state index contributed by atoms with van der Waals surface area (Å²) in [6.45, 7) is 1.57. The van der Waals surface area contributed by atoms with E-state index in [1.54, 1.807) is 18.3 Å². The number of hydrogen-bond acceptors (Lipinski definition) is 5. The molecule has 8 nitrogen and oxygen atoms in total. The van der Waals surface area contributed by atoms with Crippen LogP contribution in [0.4, 0.5) is 22.2 Å². The van der Waals surface area contributed by atoms with Gasteiger partial charge in [-0.3, -0.25) is 5.32 Å². The number of pyridine rings is 1. The Bertz CT molecular complexity index is 1310. The Balaban J connectivity index is 1.30. The zero-order valence-electron chi connectivity index (χ0n) is 18.8. The van der Waals surface area contributed by atoms with E-state index in [-0.39, 0.29) is 6.03 Å². The maximum Gasteiger partial charge on any atom is 0.323 e. The third kappa shape index (κ3) is 4.99. The molecule has 2 aromatic heterocycles. The van der Waals surface area contributed by atoms with Crippen molar-refractivity contribution < 1.29 is 9.53 Å². The molecule has 5 rings (SSSR count). The first-order chi connectivity index (χ1) is 16.5. The molecule has 9 heteroatoms. The number of rotatable bonds is 5. The number of amides is 2. The van der Waals surface area contributed by atoms with E-state index in [1.165, 1.54) is 6.42 Å². The molecule has 4 aromatic rings. The zero-order valence-corrected chi connectivity index (χ0v) is 20.4. The Morgan fingerprint density at radius 2 is 1.76 bits per heavy atom. The number of fused-ring (bicyclic) bond motifs is 1. The first-order valence-electron chi connectivity index (χ1n) is 11.2. The number of carbonyl (C=O) groups excluding carboxylic acids is 1. The molecule has 3 heterocycles. The monoisotopic (exact) mass is 520 g/mol. The number of ether oxygens (including phenoxy) is 1. The van der Waals surface area contributed by atoms with Crippen molar-refractivity contribution in [2.24, 2.45) is 7.05 Å². The molecule has 2 amide bonds. The molecular weight excluding hydrogens is 496 g/mol. The van der Waals surface area contributed by atoms with Crippen LogP contribution in [0.1, 0.15) is 19.3 Å². The summed E-state index contributed by atoms with van der Waals surface area (Å²) in [7, 11) is 1.97. The van der Waals surface area contributed by atoms with E-state index in [4.69, 9.17) is 9.72 Å². The van der Waals surface area contributed by atoms with Crippen molar-refractivity contribution in [2.45, 2.75) is 19.3 Å². The van der Waals surface area contributed by atoms with Crippen LogP contribution < -0.4 is 15.4 Å². The lowest BCUT2D eigenvalue weighted by molar-refractivity contribution is 0.200. The summed E-state index contributed by atoms with van der Waals surface area (Å²) in [4.78, 5) is 23.3. The lowest BCUT2D eigenvalue weighted by Crippen LogP contribution is -2.38. The number of aryl methyl sites for hydroxylation is 1. The summed E-state index contributed by atoms with van der Waals surface area (Å²) in [5.41, 5.74) is 2.75. The number of likely N-dealkylation sites (tertiary alicyclic amines) is 1. The Morgan fingerprint density at radius 3 is 2.56 bits per heavy atom. The summed E-state index contributed by atoms with van der Waals surface area (Å²) in [5.74, 6) is 2.45. The van der Waals surface area contributed by atoms with Gasteiger partial charge in [-0.1, -0.05) is 15.9 Å². The number of halogens is 1. The highest BCUT2D eigenvalue weighted by Gasteiger charge is 2.17. The molecule has 2 N–H and O–H groups in total. The number of hydrogen-bond donors (Lipinski definition) is 2. The quantitative estimate of drug-likeness (QED) is 0.323. The predicted molar refractivity (Wildman–Crippen MR) is 137 cm³/mol. The summed E-state index contributed by atoms with van der Waals surface area (Å²) in [6.07, 6.45) is 4.88. The average molecular weight is 521 g/mol. The van der Waals surface area contributed by atoms with Gasteiger partial charge in [0.05, 0.1) is 11.0 Å². The number of benzene rings is 2. The number of aromatic nitrogens is 3. The molecule has 1 aliphatic rings. The van der Waals surface area contributed by atoms with Gasteiger partial charge in [0.1, 0.15) is 17.3 Å². The normalized spacial score (nSPS) is 13.6. The molecular formula is C25H25BrN6O2. The Kier molecular flexibility index (Phi) is 6.35. The minimum Gasteiger partial charge on any atom is -0.457 e. The van der Waals surface area contributed by atoms with Gasteiger partial charge in [-0.2, -0.15) is 0 Å². The summed E-state index contributed by atoms with van der Waals surface area (Å²) in [6, 6.07) is 17.1. The van der Waals surface area contributed by atoms with E-state index in [0.717, 1.165) is 53.1 Å². The molecule has 174 valence electrons. The highest BCUT2D eigenvalue weighted by Crippen LogP contribution is 2.29. The fourth-order valence-electron chi connectivity index (χ4n) is 3.98. The van der Waals surface area contributed by atoms with Crippen molar-refractivity contribution in [1.29, 1.82) is 0 Å². The van der Waals surface area contributed by atoms with E-state index in [2.05, 4.69) is 31.5 Å². The fourth-order valence-corrected chi connectivity index (χ4v) is 4.25. The standard InChI is InChI=1S/C25H25BrN6O2/c1-31-22-10-9-19(15-21(22)29-24(31)28-18-7-5-17(26)6-8-18)34-20-11-12-27-23(16-20)30-25(33)32-13-3-2-4-14-32/h5-12,15-16H,2-4,13-14H2,1H3,(H,28,29)(H,27,30,33). The van der Waals surface area contributed by atoms with Gasteiger partial charge in [0.15, 0.2) is 0 Å². The van der Waals surface area contributed by atoms with Crippen LogP contribution in [0, 0.1) is 0 Å². The Morgan fingerprint density at radius 1 is 1.00 bits per heavy atom. The Labute approximate surface area is 206 Å². The smallest absolute Gasteiger partial charge is 0.323 e. The van der Waals surface area contributed by atoms with E-state index >= 15 is 0 Å². The maximum absolute atomic E-state index is 12.5. The van der Waals surface area contributed by atoms with Gasteiger partial charge in [-0.15, -0.1) is 0 Å². The molecule has 0 radical (unpaired) electrons. The molecule has 1 fully saturated rings. The van der Waals surface area contributed by atoms with Crippen LogP contribution in [-0.4, -0.2) is 38.6 Å². The number of anilines is 3. The number of imidazole rings is 1. The van der Waals surface area contributed by atoms with E-state index in [0.29, 0.717) is 17.3 Å². The topological polar surface area (TPSA) is 84.3 Å². The summed E-state index contributed by atoms with van der Waals surface area (Å²) >= 11 is 3.45. The van der Waals surface area contributed by atoms with Crippen LogP contribution in [0.25, 0.3) is 11.0 Å². The van der Waals surface area contributed by atoms with Gasteiger partial charge in [0, 0.05) is 48.6 Å². The fraction of sp³-hybridized carbons (Fsp3) is 0.240. The molecule has 34 heavy (non-hydrogen) atoms. The van der Waals surface area contributed by atoms with Crippen molar-refractivity contribution >= 4 is 50.4 Å². The van der Waals surface area contributed by atoms with Crippen molar-refractivity contribution in [2.75, 3.05) is 23.7 Å². The first kappa shape index (κ1) is 22.2. The van der Waals surface area contributed by atoms with Crippen LogP contribution in [0.3, 0.4) is 0 Å². The number of nitrogens with zero attached hydrogens (tertiary/aromatic N) is 4. The van der Waals surface area contributed by atoms with Gasteiger partial charge in [0.2, 0.25) is 5.95 Å². The molecule has 0 spiro atoms. The summed E-state index contributed by atoms with van der Waals surface area (Å²) in [5, 5.41) is 6.22. The second kappa shape index (κ2) is 9.72. The molecule has 0 aliphatic carbocycles. The second-order valence-electron chi connectivity index (χ2n) is 8.23. The largest absolute Gasteiger partial charge is 0.457 e.